The first-order valence-electron chi connectivity index (χ1n) is 16.0. The summed E-state index contributed by atoms with van der Waals surface area (Å²) in [5.41, 5.74) is 13.4. The van der Waals surface area contributed by atoms with E-state index in [2.05, 4.69) is 158 Å². The average Bonchev–Trinajstić information content (AvgIpc) is 3.72. The maximum atomic E-state index is 4.51. The molecule has 1 aliphatic carbocycles. The summed E-state index contributed by atoms with van der Waals surface area (Å²) in [6.45, 7) is 4.57. The fraction of sp³-hybridized carbons (Fsp3) is 0.116. The van der Waals surface area contributed by atoms with Crippen LogP contribution in [0.1, 0.15) is 41.7 Å². The highest BCUT2D eigenvalue weighted by Crippen LogP contribution is 2.56. The Kier molecular flexibility index (Phi) is 7.19. The van der Waals surface area contributed by atoms with E-state index in [1.54, 1.807) is 11.3 Å². The molecule has 0 amide bonds. The maximum Gasteiger partial charge on any atom is 0.148 e. The van der Waals surface area contributed by atoms with Crippen LogP contribution in [0.2, 0.25) is 0 Å². The van der Waals surface area contributed by atoms with E-state index < -0.39 is 5.41 Å². The van der Waals surface area contributed by atoms with Crippen LogP contribution < -0.4 is 0 Å². The summed E-state index contributed by atoms with van der Waals surface area (Å²) in [5.74, 6) is 0.619. The predicted octanol–water partition coefficient (Wildman–Crippen LogP) is 11.1. The SMILES string of the molecule is CC(C)Cc1ccc(C2(c3cccc(-c4ccc(-c5nnc(-c6ccccc6)s5)cc4)c3)c3ccccc3-c3ccccc32)cc1. The number of aromatic nitrogens is 2. The highest BCUT2D eigenvalue weighted by Gasteiger charge is 2.45. The Morgan fingerprint density at radius 3 is 1.67 bits per heavy atom. The molecule has 0 unspecified atom stereocenters. The van der Waals surface area contributed by atoms with Gasteiger partial charge in [0.2, 0.25) is 0 Å². The molecule has 0 radical (unpaired) electrons. The van der Waals surface area contributed by atoms with Crippen molar-refractivity contribution in [3.05, 3.63) is 179 Å². The van der Waals surface area contributed by atoms with Crippen molar-refractivity contribution < 1.29 is 0 Å². The Morgan fingerprint density at radius 1 is 0.500 bits per heavy atom. The number of rotatable bonds is 7. The van der Waals surface area contributed by atoms with Crippen LogP contribution in [0.25, 0.3) is 43.4 Å². The van der Waals surface area contributed by atoms with E-state index >= 15 is 0 Å². The van der Waals surface area contributed by atoms with Gasteiger partial charge in [-0.15, -0.1) is 10.2 Å². The van der Waals surface area contributed by atoms with E-state index in [1.807, 2.05) is 18.2 Å². The summed E-state index contributed by atoms with van der Waals surface area (Å²) in [5, 5.41) is 10.8. The molecular weight excluding hydrogens is 577 g/mol. The van der Waals surface area contributed by atoms with Gasteiger partial charge < -0.3 is 0 Å². The zero-order valence-corrected chi connectivity index (χ0v) is 26.8. The molecule has 46 heavy (non-hydrogen) atoms. The minimum absolute atomic E-state index is 0.417. The minimum atomic E-state index is -0.417. The Hall–Kier alpha value is -5.12. The molecule has 0 bridgehead atoms. The molecule has 8 rings (SSSR count). The van der Waals surface area contributed by atoms with Crippen molar-refractivity contribution >= 4 is 11.3 Å². The number of nitrogens with zero attached hydrogens (tertiary/aromatic N) is 2. The zero-order chi connectivity index (χ0) is 31.1. The third-order valence-corrected chi connectivity index (χ3v) is 10.2. The van der Waals surface area contributed by atoms with Crippen molar-refractivity contribution in [1.29, 1.82) is 0 Å². The molecule has 0 saturated carbocycles. The monoisotopic (exact) mass is 610 g/mol. The summed E-state index contributed by atoms with van der Waals surface area (Å²) in [7, 11) is 0. The summed E-state index contributed by atoms with van der Waals surface area (Å²) in [4.78, 5) is 0. The van der Waals surface area contributed by atoms with Gasteiger partial charge in [0, 0.05) is 11.1 Å². The Bertz CT molecular complexity index is 2100. The van der Waals surface area contributed by atoms with Crippen LogP contribution in [0.5, 0.6) is 0 Å². The largest absolute Gasteiger partial charge is 0.148 e. The van der Waals surface area contributed by atoms with Gasteiger partial charge in [-0.1, -0.05) is 171 Å². The number of fused-ring (bicyclic) bond motifs is 3. The van der Waals surface area contributed by atoms with Gasteiger partial charge in [-0.2, -0.15) is 0 Å². The van der Waals surface area contributed by atoms with Crippen LogP contribution in [-0.2, 0) is 11.8 Å². The number of hydrogen-bond donors (Lipinski definition) is 0. The smallest absolute Gasteiger partial charge is 0.138 e. The van der Waals surface area contributed by atoms with Crippen LogP contribution in [0.15, 0.2) is 152 Å². The van der Waals surface area contributed by atoms with Crippen molar-refractivity contribution in [3.63, 3.8) is 0 Å². The lowest BCUT2D eigenvalue weighted by Crippen LogP contribution is -2.28. The van der Waals surface area contributed by atoms with Crippen LogP contribution >= 0.6 is 11.3 Å². The second-order valence-electron chi connectivity index (χ2n) is 12.6. The third-order valence-electron chi connectivity index (χ3n) is 9.19. The van der Waals surface area contributed by atoms with Crippen molar-refractivity contribution in [2.45, 2.75) is 25.7 Å². The maximum absolute atomic E-state index is 4.51. The molecule has 0 N–H and O–H groups in total. The molecule has 1 aromatic heterocycles. The van der Waals surface area contributed by atoms with Gasteiger partial charge >= 0.3 is 0 Å². The van der Waals surface area contributed by atoms with Gasteiger partial charge in [0.1, 0.15) is 10.0 Å². The summed E-state index contributed by atoms with van der Waals surface area (Å²) < 4.78 is 0. The van der Waals surface area contributed by atoms with Gasteiger partial charge in [-0.3, -0.25) is 0 Å². The molecule has 0 saturated heterocycles. The van der Waals surface area contributed by atoms with Gasteiger partial charge in [0.15, 0.2) is 0 Å². The van der Waals surface area contributed by atoms with Gasteiger partial charge in [0.25, 0.3) is 0 Å². The highest BCUT2D eigenvalue weighted by atomic mass is 32.1. The second kappa shape index (κ2) is 11.7. The zero-order valence-electron chi connectivity index (χ0n) is 26.0. The molecule has 2 nitrogen and oxygen atoms in total. The van der Waals surface area contributed by atoms with E-state index in [4.69, 9.17) is 0 Å². The van der Waals surface area contributed by atoms with Gasteiger partial charge in [-0.25, -0.2) is 0 Å². The van der Waals surface area contributed by atoms with Crippen molar-refractivity contribution in [2.75, 3.05) is 0 Å². The molecule has 0 aliphatic heterocycles. The van der Waals surface area contributed by atoms with Crippen molar-refractivity contribution in [3.8, 4) is 43.4 Å². The molecule has 7 aromatic rings. The first-order chi connectivity index (χ1) is 22.6. The lowest BCUT2D eigenvalue weighted by atomic mass is 9.67. The van der Waals surface area contributed by atoms with Crippen LogP contribution in [0, 0.1) is 5.92 Å². The normalized spacial score (nSPS) is 13.0. The predicted molar refractivity (Wildman–Crippen MR) is 192 cm³/mol. The summed E-state index contributed by atoms with van der Waals surface area (Å²) in [6.07, 6.45) is 1.08. The molecule has 222 valence electrons. The minimum Gasteiger partial charge on any atom is -0.138 e. The van der Waals surface area contributed by atoms with E-state index in [1.165, 1.54) is 50.1 Å². The first-order valence-corrected chi connectivity index (χ1v) is 16.8. The molecule has 3 heteroatoms. The van der Waals surface area contributed by atoms with Crippen LogP contribution in [0.4, 0.5) is 0 Å². The quantitative estimate of drug-likeness (QED) is 0.179. The fourth-order valence-corrected chi connectivity index (χ4v) is 8.01. The number of hydrogen-bond acceptors (Lipinski definition) is 3. The first kappa shape index (κ1) is 28.4. The van der Waals surface area contributed by atoms with E-state index in [9.17, 15) is 0 Å². The average molecular weight is 611 g/mol. The van der Waals surface area contributed by atoms with E-state index in [0.29, 0.717) is 5.92 Å². The molecular formula is C43H34N2S. The molecule has 1 aliphatic rings. The van der Waals surface area contributed by atoms with E-state index in [0.717, 1.165) is 27.6 Å². The molecule has 0 spiro atoms. The molecule has 0 fully saturated rings. The molecule has 6 aromatic carbocycles. The molecule has 0 atom stereocenters. The summed E-state index contributed by atoms with van der Waals surface area (Å²) in [6, 6.07) is 55.5. The van der Waals surface area contributed by atoms with Gasteiger partial charge in [0.05, 0.1) is 5.41 Å². The Balaban J connectivity index is 1.23. The topological polar surface area (TPSA) is 25.8 Å². The van der Waals surface area contributed by atoms with Gasteiger partial charge in [-0.05, 0) is 68.5 Å². The lowest BCUT2D eigenvalue weighted by Gasteiger charge is -2.34. The lowest BCUT2D eigenvalue weighted by molar-refractivity contribution is 0.646. The van der Waals surface area contributed by atoms with Crippen LogP contribution in [-0.4, -0.2) is 10.2 Å². The number of benzene rings is 6. The van der Waals surface area contributed by atoms with Crippen LogP contribution in [0.3, 0.4) is 0 Å². The van der Waals surface area contributed by atoms with Crippen molar-refractivity contribution in [2.24, 2.45) is 5.92 Å². The molecule has 1 heterocycles. The second-order valence-corrected chi connectivity index (χ2v) is 13.6. The highest BCUT2D eigenvalue weighted by molar-refractivity contribution is 7.17. The Morgan fingerprint density at radius 2 is 1.04 bits per heavy atom. The Labute approximate surface area is 275 Å². The standard InChI is InChI=1S/C43H34N2S/c1-29(2)27-30-19-25-35(26-20-30)43(39-17-8-6-15-37(39)38-16-7-9-18-40(38)43)36-14-10-13-34(28-36)31-21-23-33(24-22-31)42-45-44-41(46-42)32-11-4-3-5-12-32/h3-26,28-29H,27H2,1-2H3. The third kappa shape index (κ3) is 4.79. The van der Waals surface area contributed by atoms with Crippen molar-refractivity contribution in [1.82, 2.24) is 10.2 Å². The fourth-order valence-electron chi connectivity index (χ4n) is 7.16. The van der Waals surface area contributed by atoms with E-state index in [-0.39, 0.29) is 0 Å². The summed E-state index contributed by atoms with van der Waals surface area (Å²) >= 11 is 1.63.